The summed E-state index contributed by atoms with van der Waals surface area (Å²) in [5.41, 5.74) is -0.534. The standard InChI is InChI=1S/C35H37F2N7O4/c36-26-4-1-3-20-11-22(45)12-24(28(20)26)30-29(37)31-25(14-39-30)32-41-33(40-31)48-19-35-6-2-10-44(35)16-23(13-35)47-17-27(46)38-9-8-34-7-5-21(42-34)15-43(32)18-34/h1,3-4,11-12,14,21,23,42,45H,2,5-10,13,15-19H2,(H,38,46)/t21-,23+,34-,35+/m0/s1. The van der Waals surface area contributed by atoms with Crippen LogP contribution in [0.15, 0.2) is 36.5 Å². The molecule has 9 rings (SSSR count). The number of carbonyl (C=O) groups excluding carboxylic acids is 1. The van der Waals surface area contributed by atoms with Gasteiger partial charge in [0.1, 0.15) is 41.8 Å². The number of pyridine rings is 1. The Balaban J connectivity index is 1.18. The van der Waals surface area contributed by atoms with Gasteiger partial charge in [-0.2, -0.15) is 9.97 Å². The van der Waals surface area contributed by atoms with Crippen LogP contribution in [0.25, 0.3) is 32.9 Å². The highest BCUT2D eigenvalue weighted by atomic mass is 19.1. The van der Waals surface area contributed by atoms with E-state index in [2.05, 4.69) is 30.4 Å². The van der Waals surface area contributed by atoms with E-state index in [0.29, 0.717) is 62.2 Å². The van der Waals surface area contributed by atoms with Crippen LogP contribution in [-0.2, 0) is 9.53 Å². The van der Waals surface area contributed by atoms with Gasteiger partial charge in [-0.3, -0.25) is 14.7 Å². The number of rotatable bonds is 1. The molecule has 0 radical (unpaired) electrons. The lowest BCUT2D eigenvalue weighted by Crippen LogP contribution is -2.60. The molecule has 4 atom stereocenters. The number of phenolic OH excluding ortho intramolecular Hbond substituents is 1. The van der Waals surface area contributed by atoms with E-state index in [-0.39, 0.29) is 69.7 Å². The van der Waals surface area contributed by atoms with Crippen LogP contribution in [0, 0.1) is 11.6 Å². The SMILES string of the molecule is O=C1CO[C@H]2CN3CCC[C@]3(COc3nc(c4cnc(-c5cc(O)cc6cccc(F)c56)c(F)c4n3)N3C[C@@H]4CC[C@](CCN1)(C3)N4)C2. The summed E-state index contributed by atoms with van der Waals surface area (Å²) in [6, 6.07) is 7.54. The van der Waals surface area contributed by atoms with Gasteiger partial charge >= 0.3 is 6.01 Å². The van der Waals surface area contributed by atoms with E-state index in [1.54, 1.807) is 18.3 Å². The second-order valence-corrected chi connectivity index (χ2v) is 14.2. The largest absolute Gasteiger partial charge is 0.508 e. The van der Waals surface area contributed by atoms with Crippen molar-refractivity contribution in [3.8, 4) is 23.0 Å². The van der Waals surface area contributed by atoms with E-state index in [0.717, 1.165) is 32.2 Å². The number of carbonyl (C=O) groups is 1. The molecule has 4 fully saturated rings. The number of aromatic hydroxyl groups is 1. The summed E-state index contributed by atoms with van der Waals surface area (Å²) in [7, 11) is 0. The van der Waals surface area contributed by atoms with Gasteiger partial charge in [0.15, 0.2) is 5.82 Å². The van der Waals surface area contributed by atoms with Crippen molar-refractivity contribution in [3.05, 3.63) is 48.2 Å². The maximum Gasteiger partial charge on any atom is 0.319 e. The van der Waals surface area contributed by atoms with Gasteiger partial charge in [0, 0.05) is 54.9 Å². The Morgan fingerprint density at radius 3 is 2.94 bits per heavy atom. The van der Waals surface area contributed by atoms with Gasteiger partial charge in [-0.15, -0.1) is 0 Å². The second kappa shape index (κ2) is 11.2. The third-order valence-electron chi connectivity index (χ3n) is 11.1. The average molecular weight is 658 g/mol. The Hall–Kier alpha value is -4.20. The zero-order valence-corrected chi connectivity index (χ0v) is 26.5. The predicted molar refractivity (Wildman–Crippen MR) is 174 cm³/mol. The van der Waals surface area contributed by atoms with Crippen LogP contribution in [0.4, 0.5) is 14.6 Å². The highest BCUT2D eigenvalue weighted by Gasteiger charge is 2.50. The monoisotopic (exact) mass is 657 g/mol. The van der Waals surface area contributed by atoms with E-state index < -0.39 is 11.6 Å². The molecule has 11 nitrogen and oxygen atoms in total. The lowest BCUT2D eigenvalue weighted by molar-refractivity contribution is -0.127. The molecule has 4 saturated heterocycles. The molecule has 7 bridgehead atoms. The maximum absolute atomic E-state index is 16.9. The van der Waals surface area contributed by atoms with Crippen molar-refractivity contribution in [2.75, 3.05) is 50.8 Å². The molecule has 0 unspecified atom stereocenters. The highest BCUT2D eigenvalue weighted by Crippen LogP contribution is 2.42. The summed E-state index contributed by atoms with van der Waals surface area (Å²) >= 11 is 0. The molecule has 3 N–H and O–H groups in total. The molecule has 2 aromatic heterocycles. The maximum atomic E-state index is 16.9. The van der Waals surface area contributed by atoms with E-state index in [1.165, 1.54) is 18.2 Å². The summed E-state index contributed by atoms with van der Waals surface area (Å²) in [6.45, 7) is 3.67. The lowest BCUT2D eigenvalue weighted by Gasteiger charge is -2.42. The fourth-order valence-electron chi connectivity index (χ4n) is 8.95. The first-order valence-electron chi connectivity index (χ1n) is 16.8. The normalized spacial score (nSPS) is 29.1. The van der Waals surface area contributed by atoms with Crippen molar-refractivity contribution in [2.45, 2.75) is 61.7 Å². The van der Waals surface area contributed by atoms with Crippen molar-refractivity contribution in [1.82, 2.24) is 30.5 Å². The Kier molecular flexibility index (Phi) is 6.96. The number of phenols is 1. The Labute approximate surface area is 275 Å². The topological polar surface area (TPSA) is 125 Å². The summed E-state index contributed by atoms with van der Waals surface area (Å²) in [6.07, 6.45) is 6.67. The molecule has 4 aromatic rings. The molecule has 0 aliphatic carbocycles. The van der Waals surface area contributed by atoms with Gasteiger partial charge in [-0.05, 0) is 68.7 Å². The zero-order chi connectivity index (χ0) is 32.6. The van der Waals surface area contributed by atoms with E-state index in [9.17, 15) is 9.90 Å². The summed E-state index contributed by atoms with van der Waals surface area (Å²) < 4.78 is 44.6. The van der Waals surface area contributed by atoms with Crippen LogP contribution < -0.4 is 20.3 Å². The number of piperazine rings is 1. The molecule has 13 heteroatoms. The average Bonchev–Trinajstić information content (AvgIpc) is 3.71. The van der Waals surface area contributed by atoms with Crippen LogP contribution in [0.5, 0.6) is 11.8 Å². The number of amides is 1. The number of anilines is 1. The first-order valence-corrected chi connectivity index (χ1v) is 16.8. The smallest absolute Gasteiger partial charge is 0.319 e. The number of aromatic nitrogens is 3. The zero-order valence-electron chi connectivity index (χ0n) is 26.5. The molecule has 48 heavy (non-hydrogen) atoms. The van der Waals surface area contributed by atoms with Crippen LogP contribution in [-0.4, -0.2) is 100 Å². The number of fused-ring (bicyclic) bond motifs is 9. The summed E-state index contributed by atoms with van der Waals surface area (Å²) in [5, 5.41) is 18.4. The summed E-state index contributed by atoms with van der Waals surface area (Å²) in [4.78, 5) is 31.4. The molecule has 0 saturated carbocycles. The minimum atomic E-state index is -0.743. The quantitative estimate of drug-likeness (QED) is 0.280. The van der Waals surface area contributed by atoms with Gasteiger partial charge in [0.2, 0.25) is 5.91 Å². The van der Waals surface area contributed by atoms with Gasteiger partial charge in [0.25, 0.3) is 0 Å². The van der Waals surface area contributed by atoms with Crippen LogP contribution in [0.2, 0.25) is 0 Å². The molecule has 7 heterocycles. The number of benzene rings is 2. The number of nitrogens with one attached hydrogen (secondary N) is 2. The van der Waals surface area contributed by atoms with Crippen molar-refractivity contribution in [2.24, 2.45) is 0 Å². The third-order valence-corrected chi connectivity index (χ3v) is 11.1. The van der Waals surface area contributed by atoms with Crippen molar-refractivity contribution in [3.63, 3.8) is 0 Å². The predicted octanol–water partition coefficient (Wildman–Crippen LogP) is 3.66. The highest BCUT2D eigenvalue weighted by molar-refractivity contribution is 6.00. The first kappa shape index (κ1) is 29.9. The molecule has 2 aromatic carbocycles. The molecule has 5 aliphatic heterocycles. The van der Waals surface area contributed by atoms with Gasteiger partial charge in [-0.25, -0.2) is 8.78 Å². The van der Waals surface area contributed by atoms with Gasteiger partial charge < -0.3 is 30.1 Å². The van der Waals surface area contributed by atoms with Gasteiger partial charge in [-0.1, -0.05) is 12.1 Å². The van der Waals surface area contributed by atoms with Crippen molar-refractivity contribution < 1.29 is 28.2 Å². The molecular formula is C35H37F2N7O4. The number of hydrogen-bond acceptors (Lipinski definition) is 10. The van der Waals surface area contributed by atoms with Crippen LogP contribution in [0.1, 0.15) is 38.5 Å². The molecule has 5 aliphatic rings. The van der Waals surface area contributed by atoms with E-state index in [1.807, 2.05) is 0 Å². The number of halogens is 2. The van der Waals surface area contributed by atoms with Crippen molar-refractivity contribution >= 4 is 33.4 Å². The van der Waals surface area contributed by atoms with Crippen LogP contribution in [0.3, 0.4) is 0 Å². The van der Waals surface area contributed by atoms with Crippen molar-refractivity contribution in [1.29, 1.82) is 0 Å². The van der Waals surface area contributed by atoms with E-state index in [4.69, 9.17) is 14.5 Å². The van der Waals surface area contributed by atoms with Crippen LogP contribution >= 0.6 is 0 Å². The number of nitrogens with zero attached hydrogens (tertiary/aromatic N) is 5. The number of hydrogen-bond donors (Lipinski definition) is 3. The Morgan fingerprint density at radius 2 is 2.02 bits per heavy atom. The molecule has 250 valence electrons. The van der Waals surface area contributed by atoms with E-state index >= 15 is 8.78 Å². The molecular weight excluding hydrogens is 620 g/mol. The summed E-state index contributed by atoms with van der Waals surface area (Å²) in [5.74, 6) is -1.00. The minimum Gasteiger partial charge on any atom is -0.508 e. The lowest BCUT2D eigenvalue weighted by atomic mass is 9.92. The fourth-order valence-corrected chi connectivity index (χ4v) is 8.95. The third kappa shape index (κ3) is 4.93. The Morgan fingerprint density at radius 1 is 1.10 bits per heavy atom. The minimum absolute atomic E-state index is 0.0198. The fraction of sp³-hybridized carbons (Fsp3) is 0.486. The molecule has 1 amide bonds. The Bertz CT molecular complexity index is 1960. The number of ether oxygens (including phenoxy) is 2. The first-order chi connectivity index (χ1) is 23.3. The van der Waals surface area contributed by atoms with Gasteiger partial charge in [0.05, 0.1) is 17.0 Å². The second-order valence-electron chi connectivity index (χ2n) is 14.2. The molecule has 2 spiro atoms.